The van der Waals surface area contributed by atoms with Gasteiger partial charge < -0.3 is 46.7 Å². The van der Waals surface area contributed by atoms with Crippen LogP contribution in [-0.2, 0) is 49.1 Å². The number of benzene rings is 15. The number of ether oxygens (including phenoxy) is 2. The number of para-hydroxylation sites is 8. The molecule has 8 heterocycles. The second-order valence-electron chi connectivity index (χ2n) is 28.5. The first-order chi connectivity index (χ1) is 64.2. The van der Waals surface area contributed by atoms with Crippen molar-refractivity contribution in [3.8, 4) is 107 Å². The number of nitrogens with zero attached hydrogens (tertiary/aromatic N) is 9. The van der Waals surface area contributed by atoms with Crippen molar-refractivity contribution in [3.63, 3.8) is 0 Å². The van der Waals surface area contributed by atoms with Crippen LogP contribution in [0.25, 0.3) is 183 Å². The molecule has 0 bridgehead atoms. The van der Waals surface area contributed by atoms with Crippen LogP contribution < -0.4 is 18.6 Å². The molecule has 0 unspecified atom stereocenters. The number of aryl methyl sites for hydroxylation is 2. The maximum absolute atomic E-state index is 9.10. The number of hydrogen-bond acceptors (Lipinski definition) is 6. The summed E-state index contributed by atoms with van der Waals surface area (Å²) in [7, 11) is 0. The average molecular weight is 1930 g/mol. The SMILES string of the molecule is [2H]C([2H])([2H])[n+]1[c-]n(-c2[c-]c(Oc3[c-]c(-c4ccccn4)c4oc5nc(C)ccc5c4c3)ccc2)c2cccc(-c3c(-n4c5ccccc5c5ccccc54)cccc3-n3c4ccccc4c4ccccc43)c21.[2H]c1c([2H])c([2H])c(-c2cccc(-c3c([2H])c([2H])c([2H])c([2H])c3[2H])c2-[n+]2[c-]n(-c3[c-]c(Oc4[c-]c(-c5nccc6ccccc56)ccc4)ccc3)c3ccccc32)c([2H])c1[2H].[Pt].[Pt]. The minimum absolute atomic E-state index is 0. The second kappa shape index (κ2) is 31.6. The van der Waals surface area contributed by atoms with E-state index in [4.69, 9.17) is 31.7 Å². The largest absolute Gasteiger partial charge is 0.504 e. The van der Waals surface area contributed by atoms with Gasteiger partial charge in [0.05, 0.1) is 91.6 Å². The Bertz CT molecular complexity index is 8350. The Morgan fingerprint density at radius 2 is 0.934 bits per heavy atom. The molecule has 15 aromatic carbocycles. The number of rotatable bonds is 14. The van der Waals surface area contributed by atoms with Crippen LogP contribution in [0, 0.1) is 43.8 Å². The molecule has 14 heteroatoms. The van der Waals surface area contributed by atoms with Gasteiger partial charge in [-0.3, -0.25) is 4.57 Å². The summed E-state index contributed by atoms with van der Waals surface area (Å²) in [5.41, 5.74) is 15.7. The molecule has 0 aliphatic heterocycles. The summed E-state index contributed by atoms with van der Waals surface area (Å²) in [6.07, 6.45) is 10.1. The van der Waals surface area contributed by atoms with Crippen molar-refractivity contribution in [1.82, 2.24) is 33.2 Å². The summed E-state index contributed by atoms with van der Waals surface area (Å²) in [6, 6.07) is 104. The number of imidazole rings is 2. The Kier molecular flexibility index (Phi) is 16.1. The van der Waals surface area contributed by atoms with E-state index in [1.165, 1.54) is 4.57 Å². The van der Waals surface area contributed by atoms with Gasteiger partial charge in [-0.25, -0.2) is 4.98 Å². The van der Waals surface area contributed by atoms with E-state index in [2.05, 4.69) is 176 Å². The molecule has 0 saturated carbocycles. The Morgan fingerprint density at radius 1 is 0.413 bits per heavy atom. The topological polar surface area (TPSA) is 97.8 Å². The van der Waals surface area contributed by atoms with E-state index >= 15 is 0 Å². The van der Waals surface area contributed by atoms with E-state index in [0.717, 1.165) is 99.0 Å². The summed E-state index contributed by atoms with van der Waals surface area (Å²) in [5, 5.41) is 8.13. The molecule has 0 fully saturated rings. The van der Waals surface area contributed by atoms with Gasteiger partial charge in [-0.05, 0) is 123 Å². The first-order valence-electron chi connectivity index (χ1n) is 45.0. The summed E-state index contributed by atoms with van der Waals surface area (Å²) in [6.45, 7) is -0.715. The molecule has 23 aromatic rings. The van der Waals surface area contributed by atoms with Crippen LogP contribution in [0.2, 0.25) is 0 Å². The fourth-order valence-corrected chi connectivity index (χ4v) is 16.4. The normalized spacial score (nSPS) is 13.0. The van der Waals surface area contributed by atoms with Gasteiger partial charge in [0.2, 0.25) is 12.0 Å². The molecule has 0 aliphatic rings. The Labute approximate surface area is 743 Å². The molecule has 582 valence electrons. The van der Waals surface area contributed by atoms with E-state index in [1.807, 2.05) is 134 Å². The molecular weight excluding hydrogens is 1850 g/mol. The monoisotopic (exact) mass is 1930 g/mol. The standard InChI is InChI=1S/C61H38N6O2.C46H29N3O.2Pt/c1-38-31-32-46-48-35-41(36-49(50-23-11-12-33-62-50)60(48)69-61(46)63-38)68-40-17-13-16-39(34-40)65-37-64(2)59-47(22-14-30-57(59)65)58-55(66-51-24-7-3-18-42(51)43-19-4-8-25-52(43)66)28-15-29-56(58)67-53-26-9-5-20-44(53)45-21-6-10-27-54(45)67;1-3-14-33(15-4-1)41-24-13-25-42(34-16-5-2-6-17-34)46(41)49-32-48(43-26-9-10-27-44(43)49)37-20-12-22-39(31-37)50-38-21-11-19-36(30-38)45-40-23-8-7-18-35(40)28-29-47-45;;/h3-33,35H,1-2H3;1-29H;;/q2*-2;;/i2D3;1D,2D,3D,4D,5D,6D,14D,15D,16D,17D;;. The molecule has 0 aliphatic carbocycles. The Morgan fingerprint density at radius 3 is 1.55 bits per heavy atom. The average Bonchev–Trinajstić information content (AvgIpc) is 1.53. The van der Waals surface area contributed by atoms with E-state index < -0.39 is 67.4 Å². The molecule has 0 amide bonds. The number of hydrogen-bond donors (Lipinski definition) is 0. The zero-order valence-corrected chi connectivity index (χ0v) is 68.4. The van der Waals surface area contributed by atoms with Crippen molar-refractivity contribution < 1.29 is 83.0 Å². The summed E-state index contributed by atoms with van der Waals surface area (Å²) in [5.74, 6) is 1.60. The van der Waals surface area contributed by atoms with Crippen LogP contribution in [-0.4, -0.2) is 33.2 Å². The third-order valence-corrected chi connectivity index (χ3v) is 21.5. The number of aromatic nitrogens is 9. The fourth-order valence-electron chi connectivity index (χ4n) is 16.4. The van der Waals surface area contributed by atoms with Crippen molar-refractivity contribution in [2.75, 3.05) is 0 Å². The predicted octanol–water partition coefficient (Wildman–Crippen LogP) is 24.8. The van der Waals surface area contributed by atoms with E-state index in [0.29, 0.717) is 84.6 Å². The smallest absolute Gasteiger partial charge is 0.268 e. The van der Waals surface area contributed by atoms with Crippen molar-refractivity contribution in [2.45, 2.75) is 6.92 Å². The van der Waals surface area contributed by atoms with E-state index in [-0.39, 0.29) is 70.1 Å². The van der Waals surface area contributed by atoms with Crippen LogP contribution in [0.5, 0.6) is 23.0 Å². The molecule has 121 heavy (non-hydrogen) atoms. The molecule has 0 atom stereocenters. The predicted molar refractivity (Wildman–Crippen MR) is 474 cm³/mol. The molecule has 0 spiro atoms. The van der Waals surface area contributed by atoms with Crippen molar-refractivity contribution in [3.05, 3.63) is 413 Å². The fraction of sp³-hybridized carbons (Fsp3) is 0.0187. The number of furan rings is 1. The molecule has 12 nitrogen and oxygen atoms in total. The summed E-state index contributed by atoms with van der Waals surface area (Å²) < 4.78 is 144. The van der Waals surface area contributed by atoms with Crippen molar-refractivity contribution >= 4 is 98.5 Å². The van der Waals surface area contributed by atoms with Crippen LogP contribution in [0.15, 0.2) is 374 Å². The van der Waals surface area contributed by atoms with Gasteiger partial charge >= 0.3 is 0 Å². The van der Waals surface area contributed by atoms with E-state index in [1.54, 1.807) is 80.7 Å². The summed E-state index contributed by atoms with van der Waals surface area (Å²) in [4.78, 5) is 13.9. The molecular formula is C107H67N9O3Pt2-4. The Balaban J connectivity index is 0.000000167. The molecule has 0 N–H and O–H groups in total. The first kappa shape index (κ1) is 61.6. The first-order valence-corrected chi connectivity index (χ1v) is 38.5. The maximum atomic E-state index is 9.10. The van der Waals surface area contributed by atoms with Crippen LogP contribution in [0.3, 0.4) is 0 Å². The van der Waals surface area contributed by atoms with Gasteiger partial charge in [-0.1, -0.05) is 271 Å². The quantitative estimate of drug-likeness (QED) is 0.0795. The summed E-state index contributed by atoms with van der Waals surface area (Å²) >= 11 is 0. The zero-order valence-electron chi connectivity index (χ0n) is 76.8. The maximum Gasteiger partial charge on any atom is 0.268 e. The van der Waals surface area contributed by atoms with Gasteiger partial charge in [-0.2, -0.15) is 24.3 Å². The van der Waals surface area contributed by atoms with Crippen LogP contribution in [0.1, 0.15) is 23.5 Å². The second-order valence-corrected chi connectivity index (χ2v) is 28.5. The van der Waals surface area contributed by atoms with Crippen molar-refractivity contribution in [1.29, 1.82) is 0 Å². The third-order valence-electron chi connectivity index (χ3n) is 21.5. The zero-order chi connectivity index (χ0) is 90.2. The van der Waals surface area contributed by atoms with Crippen LogP contribution >= 0.6 is 0 Å². The van der Waals surface area contributed by atoms with Gasteiger partial charge in [-0.15, -0.1) is 48.0 Å². The third kappa shape index (κ3) is 13.3. The van der Waals surface area contributed by atoms with Crippen LogP contribution in [0.4, 0.5) is 0 Å². The van der Waals surface area contributed by atoms with E-state index in [9.17, 15) is 0 Å². The Hall–Kier alpha value is -14.7. The minimum atomic E-state index is -2.64. The van der Waals surface area contributed by atoms with Gasteiger partial charge in [0.15, 0.2) is 0 Å². The number of pyridine rings is 3. The molecule has 8 aromatic heterocycles. The number of fused-ring (bicyclic) bond motifs is 12. The molecule has 23 rings (SSSR count). The van der Waals surface area contributed by atoms with Gasteiger partial charge in [0, 0.05) is 116 Å². The minimum Gasteiger partial charge on any atom is -0.504 e. The van der Waals surface area contributed by atoms with Gasteiger partial charge in [0.1, 0.15) is 0 Å². The van der Waals surface area contributed by atoms with Gasteiger partial charge in [0.25, 0.3) is 6.33 Å². The molecule has 0 saturated heterocycles. The van der Waals surface area contributed by atoms with Crippen molar-refractivity contribution in [2.24, 2.45) is 6.98 Å². The molecule has 0 radical (unpaired) electrons.